The van der Waals surface area contributed by atoms with Crippen LogP contribution in [0, 0.1) is 5.41 Å². The van der Waals surface area contributed by atoms with E-state index in [1.54, 1.807) is 0 Å². The lowest BCUT2D eigenvalue weighted by Crippen LogP contribution is -2.58. The number of hydrogen-bond acceptors (Lipinski definition) is 4. The summed E-state index contributed by atoms with van der Waals surface area (Å²) in [7, 11) is 0. The standard InChI is InChI=1S/C28H48N2O4/c1-24(2)16-20(17-25(3,4)29-24)28(23(33)34,15-13-11-9-10-12-14-22(31)32)21-18-26(5,6)30-27(7,8)19-21/h16,18,29-30H,9-15,17,19H2,1-8H3,(H,31,32)(H,33,34). The largest absolute Gasteiger partial charge is 0.481 e. The van der Waals surface area contributed by atoms with Gasteiger partial charge in [0.2, 0.25) is 0 Å². The van der Waals surface area contributed by atoms with Gasteiger partial charge in [-0.25, -0.2) is 0 Å². The summed E-state index contributed by atoms with van der Waals surface area (Å²) in [5.41, 5.74) is -0.0132. The summed E-state index contributed by atoms with van der Waals surface area (Å²) in [6.45, 7) is 17.1. The summed E-state index contributed by atoms with van der Waals surface area (Å²) in [4.78, 5) is 24.1. The molecule has 0 radical (unpaired) electrons. The van der Waals surface area contributed by atoms with Crippen molar-refractivity contribution in [1.29, 1.82) is 0 Å². The first-order valence-corrected chi connectivity index (χ1v) is 12.9. The van der Waals surface area contributed by atoms with Gasteiger partial charge in [0.25, 0.3) is 0 Å². The van der Waals surface area contributed by atoms with E-state index in [0.29, 0.717) is 25.7 Å². The molecule has 194 valence electrons. The van der Waals surface area contributed by atoms with Crippen molar-refractivity contribution < 1.29 is 19.8 Å². The number of carboxylic acid groups (broad SMARTS) is 2. The zero-order chi connectivity index (χ0) is 26.0. The van der Waals surface area contributed by atoms with Crippen molar-refractivity contribution in [2.75, 3.05) is 0 Å². The van der Waals surface area contributed by atoms with Gasteiger partial charge in [0.15, 0.2) is 0 Å². The zero-order valence-corrected chi connectivity index (χ0v) is 22.7. The lowest BCUT2D eigenvalue weighted by molar-refractivity contribution is -0.145. The Bertz CT molecular complexity index is 787. The molecule has 0 atom stereocenters. The maximum atomic E-state index is 13.3. The van der Waals surface area contributed by atoms with Crippen LogP contribution in [-0.4, -0.2) is 44.3 Å². The molecule has 0 aromatic carbocycles. The minimum absolute atomic E-state index is 0.202. The topological polar surface area (TPSA) is 98.7 Å². The second-order valence-corrected chi connectivity index (χ2v) is 13.0. The van der Waals surface area contributed by atoms with Crippen molar-refractivity contribution >= 4 is 11.9 Å². The van der Waals surface area contributed by atoms with Gasteiger partial charge >= 0.3 is 11.9 Å². The van der Waals surface area contributed by atoms with Gasteiger partial charge in [0.1, 0.15) is 5.41 Å². The molecule has 0 saturated heterocycles. The number of carboxylic acids is 2. The van der Waals surface area contributed by atoms with Crippen LogP contribution in [-0.2, 0) is 9.59 Å². The lowest BCUT2D eigenvalue weighted by Gasteiger charge is -2.50. The summed E-state index contributed by atoms with van der Waals surface area (Å²) in [6, 6.07) is 0. The Morgan fingerprint density at radius 2 is 1.18 bits per heavy atom. The second-order valence-electron chi connectivity index (χ2n) is 13.0. The minimum Gasteiger partial charge on any atom is -0.481 e. The van der Waals surface area contributed by atoms with Crippen LogP contribution < -0.4 is 10.6 Å². The van der Waals surface area contributed by atoms with E-state index in [1.807, 2.05) is 0 Å². The van der Waals surface area contributed by atoms with Gasteiger partial charge in [-0.15, -0.1) is 0 Å². The smallest absolute Gasteiger partial charge is 0.317 e. The molecular formula is C28H48N2O4. The van der Waals surface area contributed by atoms with E-state index in [-0.39, 0.29) is 28.6 Å². The summed E-state index contributed by atoms with van der Waals surface area (Å²) in [5.74, 6) is -1.51. The minimum atomic E-state index is -1.03. The maximum absolute atomic E-state index is 13.3. The first kappa shape index (κ1) is 28.6. The van der Waals surface area contributed by atoms with E-state index in [2.05, 4.69) is 78.2 Å². The number of nitrogens with one attached hydrogen (secondary N) is 2. The molecule has 2 rings (SSSR count). The third kappa shape index (κ3) is 7.42. The number of hydrogen-bond donors (Lipinski definition) is 4. The zero-order valence-electron chi connectivity index (χ0n) is 22.7. The van der Waals surface area contributed by atoms with Gasteiger partial charge in [-0.3, -0.25) is 9.59 Å². The first-order valence-electron chi connectivity index (χ1n) is 12.9. The van der Waals surface area contributed by atoms with Gasteiger partial charge in [-0.2, -0.15) is 0 Å². The number of aliphatic carboxylic acids is 2. The summed E-state index contributed by atoms with van der Waals surface area (Å²) >= 11 is 0. The molecule has 6 nitrogen and oxygen atoms in total. The van der Waals surface area contributed by atoms with Gasteiger partial charge in [0, 0.05) is 28.6 Å². The predicted molar refractivity (Wildman–Crippen MR) is 138 cm³/mol. The van der Waals surface area contributed by atoms with Gasteiger partial charge in [-0.05, 0) is 92.2 Å². The Morgan fingerprint density at radius 3 is 1.56 bits per heavy atom. The quantitative estimate of drug-likeness (QED) is 0.221. The molecule has 0 amide bonds. The van der Waals surface area contributed by atoms with Crippen LogP contribution in [0.25, 0.3) is 0 Å². The monoisotopic (exact) mass is 476 g/mol. The van der Waals surface area contributed by atoms with Crippen LogP contribution in [0.2, 0.25) is 0 Å². The summed E-state index contributed by atoms with van der Waals surface area (Å²) in [5, 5.41) is 27.1. The summed E-state index contributed by atoms with van der Waals surface area (Å²) in [6.07, 6.45) is 10.7. The number of carbonyl (C=O) groups is 2. The normalized spacial score (nSPS) is 23.1. The van der Waals surface area contributed by atoms with Gasteiger partial charge in [0.05, 0.1) is 0 Å². The van der Waals surface area contributed by atoms with Crippen molar-refractivity contribution in [2.45, 2.75) is 135 Å². The molecule has 34 heavy (non-hydrogen) atoms. The Labute approximate surface area is 206 Å². The fraction of sp³-hybridized carbons (Fsp3) is 0.786. The van der Waals surface area contributed by atoms with Crippen molar-refractivity contribution in [2.24, 2.45) is 5.41 Å². The van der Waals surface area contributed by atoms with Gasteiger partial charge in [-0.1, -0.05) is 37.8 Å². The molecule has 0 bridgehead atoms. The molecule has 0 aromatic rings. The molecule has 4 N–H and O–H groups in total. The van der Waals surface area contributed by atoms with Gasteiger partial charge < -0.3 is 20.8 Å². The third-order valence-electron chi connectivity index (χ3n) is 7.06. The van der Waals surface area contributed by atoms with E-state index >= 15 is 0 Å². The van der Waals surface area contributed by atoms with Crippen molar-refractivity contribution in [1.82, 2.24) is 10.6 Å². The molecule has 0 aliphatic carbocycles. The Balaban J connectivity index is 2.45. The van der Waals surface area contributed by atoms with E-state index in [4.69, 9.17) is 5.11 Å². The Kier molecular flexibility index (Phi) is 8.52. The van der Waals surface area contributed by atoms with Crippen LogP contribution in [0.15, 0.2) is 23.3 Å². The van der Waals surface area contributed by atoms with E-state index in [9.17, 15) is 14.7 Å². The van der Waals surface area contributed by atoms with Crippen LogP contribution in [0.1, 0.15) is 113 Å². The summed E-state index contributed by atoms with van der Waals surface area (Å²) < 4.78 is 0. The predicted octanol–water partition coefficient (Wildman–Crippen LogP) is 5.83. The lowest BCUT2D eigenvalue weighted by atomic mass is 9.61. The molecule has 0 aromatic heterocycles. The van der Waals surface area contributed by atoms with E-state index < -0.39 is 17.4 Å². The van der Waals surface area contributed by atoms with Crippen molar-refractivity contribution in [3.8, 4) is 0 Å². The molecule has 2 aliphatic heterocycles. The highest BCUT2D eigenvalue weighted by Crippen LogP contribution is 2.51. The molecule has 2 heterocycles. The fourth-order valence-corrected chi connectivity index (χ4v) is 6.48. The fourth-order valence-electron chi connectivity index (χ4n) is 6.48. The molecule has 0 unspecified atom stereocenters. The van der Waals surface area contributed by atoms with Crippen LogP contribution in [0.3, 0.4) is 0 Å². The molecule has 0 spiro atoms. The average Bonchev–Trinajstić information content (AvgIpc) is 2.58. The molecule has 2 aliphatic rings. The molecule has 0 fully saturated rings. The highest BCUT2D eigenvalue weighted by Gasteiger charge is 2.51. The van der Waals surface area contributed by atoms with Crippen LogP contribution >= 0.6 is 0 Å². The second kappa shape index (κ2) is 10.1. The first-order chi connectivity index (χ1) is 15.4. The number of unbranched alkanes of at least 4 members (excludes halogenated alkanes) is 4. The average molecular weight is 477 g/mol. The van der Waals surface area contributed by atoms with E-state index in [1.165, 1.54) is 0 Å². The Morgan fingerprint density at radius 1 is 0.765 bits per heavy atom. The maximum Gasteiger partial charge on any atom is 0.317 e. The van der Waals surface area contributed by atoms with Crippen LogP contribution in [0.4, 0.5) is 0 Å². The highest BCUT2D eigenvalue weighted by atomic mass is 16.4. The highest BCUT2D eigenvalue weighted by molar-refractivity contribution is 5.83. The van der Waals surface area contributed by atoms with Crippen molar-refractivity contribution in [3.63, 3.8) is 0 Å². The third-order valence-corrected chi connectivity index (χ3v) is 7.06. The molecule has 6 heteroatoms. The SMILES string of the molecule is CC1(C)C=C(C(CCCCCCCC(=O)O)(C(=O)O)C2=CC(C)(C)NC(C)(C)C2)CC(C)(C)N1. The van der Waals surface area contributed by atoms with Crippen molar-refractivity contribution in [3.05, 3.63) is 23.3 Å². The van der Waals surface area contributed by atoms with E-state index in [0.717, 1.165) is 36.8 Å². The molecule has 0 saturated carbocycles. The number of rotatable bonds is 11. The molecular weight excluding hydrogens is 428 g/mol. The Hall–Kier alpha value is -1.66. The van der Waals surface area contributed by atoms with Crippen LogP contribution in [0.5, 0.6) is 0 Å².